The number of hydrogen-bond donors (Lipinski definition) is 3. The lowest BCUT2D eigenvalue weighted by Gasteiger charge is -2.36. The molecule has 142 valence electrons. The molecule has 4 N–H and O–H groups in total. The maximum absolute atomic E-state index is 14.6. The lowest BCUT2D eigenvalue weighted by atomic mass is 10.1. The lowest BCUT2D eigenvalue weighted by molar-refractivity contribution is 0.0926. The van der Waals surface area contributed by atoms with Crippen LogP contribution >= 0.6 is 0 Å². The van der Waals surface area contributed by atoms with Crippen LogP contribution in [0.2, 0.25) is 0 Å². The largest absolute Gasteiger partial charge is 0.382 e. The zero-order valence-electron chi connectivity index (χ0n) is 15.3. The van der Waals surface area contributed by atoms with Crippen molar-refractivity contribution in [3.8, 4) is 11.3 Å². The Kier molecular flexibility index (Phi) is 4.53. The summed E-state index contributed by atoms with van der Waals surface area (Å²) in [5, 5.41) is 9.93. The number of benzene rings is 1. The van der Waals surface area contributed by atoms with Crippen molar-refractivity contribution in [3.05, 3.63) is 24.0 Å². The second kappa shape index (κ2) is 6.99. The summed E-state index contributed by atoms with van der Waals surface area (Å²) in [6.45, 7) is 4.19. The number of H-pyrrole nitrogens is 1. The molecular formula is C18H22FN7O. The van der Waals surface area contributed by atoms with E-state index in [1.54, 1.807) is 13.1 Å². The van der Waals surface area contributed by atoms with E-state index in [0.29, 0.717) is 41.3 Å². The molecule has 0 saturated carbocycles. The Morgan fingerprint density at radius 1 is 1.37 bits per heavy atom. The molecule has 0 radical (unpaired) electrons. The molecule has 8 nitrogen and oxygen atoms in total. The quantitative estimate of drug-likeness (QED) is 0.647. The van der Waals surface area contributed by atoms with Crippen LogP contribution in [-0.2, 0) is 4.74 Å². The summed E-state index contributed by atoms with van der Waals surface area (Å²) in [5.74, 6) is 0.989. The highest BCUT2D eigenvalue weighted by Gasteiger charge is 2.24. The minimum atomic E-state index is -0.433. The molecule has 0 spiro atoms. The van der Waals surface area contributed by atoms with E-state index in [2.05, 4.69) is 37.3 Å². The summed E-state index contributed by atoms with van der Waals surface area (Å²) in [7, 11) is 1.76. The van der Waals surface area contributed by atoms with Crippen LogP contribution in [0.25, 0.3) is 22.2 Å². The fourth-order valence-corrected chi connectivity index (χ4v) is 3.42. The van der Waals surface area contributed by atoms with Crippen molar-refractivity contribution in [1.82, 2.24) is 20.2 Å². The second-order valence-corrected chi connectivity index (χ2v) is 6.50. The van der Waals surface area contributed by atoms with Gasteiger partial charge in [0.1, 0.15) is 11.6 Å². The van der Waals surface area contributed by atoms with Crippen molar-refractivity contribution >= 4 is 28.5 Å². The van der Waals surface area contributed by atoms with Crippen LogP contribution < -0.4 is 16.0 Å². The van der Waals surface area contributed by atoms with Crippen molar-refractivity contribution in [2.45, 2.75) is 19.4 Å². The molecule has 4 rings (SSSR count). The Hall–Kier alpha value is -2.94. The van der Waals surface area contributed by atoms with Crippen molar-refractivity contribution in [3.63, 3.8) is 0 Å². The van der Waals surface area contributed by atoms with E-state index in [0.717, 1.165) is 18.8 Å². The maximum atomic E-state index is 14.6. The number of aromatic amines is 1. The predicted molar refractivity (Wildman–Crippen MR) is 103 cm³/mol. The smallest absolute Gasteiger partial charge is 0.224 e. The number of nitrogens with two attached hydrogens (primary N) is 1. The maximum Gasteiger partial charge on any atom is 0.224 e. The average molecular weight is 371 g/mol. The summed E-state index contributed by atoms with van der Waals surface area (Å²) in [4.78, 5) is 11.3. The molecule has 3 heterocycles. The Morgan fingerprint density at radius 3 is 3.00 bits per heavy atom. The van der Waals surface area contributed by atoms with Crippen LogP contribution in [0, 0.1) is 5.82 Å². The van der Waals surface area contributed by atoms with E-state index in [-0.39, 0.29) is 11.9 Å². The molecule has 1 aliphatic rings. The molecular weight excluding hydrogens is 349 g/mol. The van der Waals surface area contributed by atoms with Crippen molar-refractivity contribution in [2.75, 3.05) is 42.8 Å². The van der Waals surface area contributed by atoms with Crippen molar-refractivity contribution in [1.29, 1.82) is 0 Å². The highest BCUT2D eigenvalue weighted by Crippen LogP contribution is 2.31. The van der Waals surface area contributed by atoms with Gasteiger partial charge in [-0.3, -0.25) is 5.10 Å². The van der Waals surface area contributed by atoms with E-state index in [9.17, 15) is 4.39 Å². The number of ether oxygens (including phenoxy) is 1. The fourth-order valence-electron chi connectivity index (χ4n) is 3.42. The SMILES string of the molecule is CC[C@@H]1COCCN1c1cc(-c2cc(F)c3c(N)n[nH]c3c2)nc(NC)n1. The van der Waals surface area contributed by atoms with Crippen LogP contribution in [0.4, 0.5) is 22.0 Å². The number of morpholine rings is 1. The molecule has 0 bridgehead atoms. The van der Waals surface area contributed by atoms with Gasteiger partial charge in [-0.05, 0) is 18.6 Å². The first-order valence-electron chi connectivity index (χ1n) is 8.95. The summed E-state index contributed by atoms with van der Waals surface area (Å²) < 4.78 is 20.1. The highest BCUT2D eigenvalue weighted by atomic mass is 19.1. The van der Waals surface area contributed by atoms with E-state index in [1.165, 1.54) is 6.07 Å². The number of nitrogens with zero attached hydrogens (tertiary/aromatic N) is 4. The number of fused-ring (bicyclic) bond motifs is 1. The van der Waals surface area contributed by atoms with E-state index >= 15 is 0 Å². The van der Waals surface area contributed by atoms with Gasteiger partial charge < -0.3 is 20.7 Å². The average Bonchev–Trinajstić information content (AvgIpc) is 3.08. The molecule has 3 aromatic rings. The van der Waals surface area contributed by atoms with Gasteiger partial charge in [0.2, 0.25) is 5.95 Å². The number of aromatic nitrogens is 4. The molecule has 0 amide bonds. The molecule has 1 fully saturated rings. The predicted octanol–water partition coefficient (Wildman–Crippen LogP) is 2.40. The monoisotopic (exact) mass is 371 g/mol. The van der Waals surface area contributed by atoms with Crippen LogP contribution in [0.1, 0.15) is 13.3 Å². The lowest BCUT2D eigenvalue weighted by Crippen LogP contribution is -2.45. The third-order valence-corrected chi connectivity index (χ3v) is 4.87. The van der Waals surface area contributed by atoms with Crippen LogP contribution in [0.5, 0.6) is 0 Å². The van der Waals surface area contributed by atoms with Gasteiger partial charge >= 0.3 is 0 Å². The van der Waals surface area contributed by atoms with Crippen LogP contribution in [0.3, 0.4) is 0 Å². The number of nitrogens with one attached hydrogen (secondary N) is 2. The Labute approximate surface area is 155 Å². The van der Waals surface area contributed by atoms with Gasteiger partial charge in [-0.2, -0.15) is 10.1 Å². The Bertz CT molecular complexity index is 974. The van der Waals surface area contributed by atoms with Gasteiger partial charge in [0.25, 0.3) is 0 Å². The number of anilines is 3. The zero-order valence-corrected chi connectivity index (χ0v) is 15.3. The minimum Gasteiger partial charge on any atom is -0.382 e. The van der Waals surface area contributed by atoms with Gasteiger partial charge in [-0.1, -0.05) is 6.92 Å². The topological polar surface area (TPSA) is 105 Å². The van der Waals surface area contributed by atoms with Gasteiger partial charge in [0, 0.05) is 25.2 Å². The summed E-state index contributed by atoms with van der Waals surface area (Å²) in [5.41, 5.74) is 7.52. The standard InChI is InChI=1S/C18H22FN7O/c1-3-11-9-27-5-4-26(11)15-8-13(22-18(21-2)23-15)10-6-12(19)16-14(7-10)24-25-17(16)20/h6-8,11H,3-5,9H2,1-2H3,(H3,20,24,25)(H,21,22,23)/t11-/m1/s1. The first kappa shape index (κ1) is 17.5. The number of hydrogen-bond acceptors (Lipinski definition) is 7. The normalized spacial score (nSPS) is 17.4. The molecule has 1 aromatic carbocycles. The van der Waals surface area contributed by atoms with E-state index in [4.69, 9.17) is 10.5 Å². The van der Waals surface area contributed by atoms with E-state index in [1.807, 2.05) is 6.07 Å². The minimum absolute atomic E-state index is 0.146. The number of rotatable bonds is 4. The summed E-state index contributed by atoms with van der Waals surface area (Å²) >= 11 is 0. The van der Waals surface area contributed by atoms with Gasteiger partial charge in [0.15, 0.2) is 5.82 Å². The first-order chi connectivity index (χ1) is 13.1. The molecule has 1 saturated heterocycles. The van der Waals surface area contributed by atoms with Crippen LogP contribution in [-0.4, -0.2) is 53.0 Å². The Balaban J connectivity index is 1.81. The van der Waals surface area contributed by atoms with Crippen LogP contribution in [0.15, 0.2) is 18.2 Å². The van der Waals surface area contributed by atoms with Crippen molar-refractivity contribution in [2.24, 2.45) is 0 Å². The number of halogens is 1. The van der Waals surface area contributed by atoms with Gasteiger partial charge in [0.05, 0.1) is 35.9 Å². The third-order valence-electron chi connectivity index (χ3n) is 4.87. The van der Waals surface area contributed by atoms with Gasteiger partial charge in [-0.25, -0.2) is 9.37 Å². The number of nitrogen functional groups attached to an aromatic ring is 1. The molecule has 1 aliphatic heterocycles. The Morgan fingerprint density at radius 2 is 2.22 bits per heavy atom. The second-order valence-electron chi connectivity index (χ2n) is 6.50. The third kappa shape index (κ3) is 3.14. The molecule has 9 heteroatoms. The summed E-state index contributed by atoms with van der Waals surface area (Å²) in [6.07, 6.45) is 0.947. The van der Waals surface area contributed by atoms with Gasteiger partial charge in [-0.15, -0.1) is 0 Å². The molecule has 0 aliphatic carbocycles. The zero-order chi connectivity index (χ0) is 19.0. The first-order valence-corrected chi connectivity index (χ1v) is 8.95. The highest BCUT2D eigenvalue weighted by molar-refractivity contribution is 5.92. The molecule has 2 aromatic heterocycles. The molecule has 1 atom stereocenters. The summed E-state index contributed by atoms with van der Waals surface area (Å²) in [6, 6.07) is 5.35. The molecule has 27 heavy (non-hydrogen) atoms. The fraction of sp³-hybridized carbons (Fsp3) is 0.389. The van der Waals surface area contributed by atoms with E-state index < -0.39 is 5.82 Å². The molecule has 0 unspecified atom stereocenters. The van der Waals surface area contributed by atoms with Crippen molar-refractivity contribution < 1.29 is 9.13 Å².